The third-order valence-corrected chi connectivity index (χ3v) is 8.33. The molecule has 8 aromatic rings. The second kappa shape index (κ2) is 7.91. The van der Waals surface area contributed by atoms with Crippen LogP contribution >= 0.6 is 0 Å². The van der Waals surface area contributed by atoms with Gasteiger partial charge in [-0.05, 0) is 78.7 Å². The van der Waals surface area contributed by atoms with Gasteiger partial charge in [0, 0.05) is 17.0 Å². The number of benzene rings is 6. The summed E-state index contributed by atoms with van der Waals surface area (Å²) in [5.74, 6) is 0.936. The predicted octanol–water partition coefficient (Wildman–Crippen LogP) is 10.0. The SMILES string of the molecule is CC(C)(C)c1cc2ccc3ccc(-c4ccc5c6ccccc6n(-c6ccccn6)c5c4)c4ccc(c1)c2c34. The Balaban J connectivity index is 1.42. The first-order valence-electron chi connectivity index (χ1n) is 13.6. The molecule has 0 fully saturated rings. The van der Waals surface area contributed by atoms with Gasteiger partial charge in [-0.2, -0.15) is 0 Å². The fourth-order valence-corrected chi connectivity index (χ4v) is 6.38. The van der Waals surface area contributed by atoms with Gasteiger partial charge in [-0.15, -0.1) is 0 Å². The van der Waals surface area contributed by atoms with Gasteiger partial charge in [-0.1, -0.05) is 106 Å². The summed E-state index contributed by atoms with van der Waals surface area (Å²) in [7, 11) is 0. The van der Waals surface area contributed by atoms with Crippen molar-refractivity contribution >= 4 is 54.1 Å². The highest BCUT2D eigenvalue weighted by Gasteiger charge is 2.19. The number of hydrogen-bond donors (Lipinski definition) is 0. The summed E-state index contributed by atoms with van der Waals surface area (Å²) in [6, 6.07) is 40.2. The molecule has 2 heterocycles. The van der Waals surface area contributed by atoms with Crippen molar-refractivity contribution in [2.45, 2.75) is 26.2 Å². The molecule has 39 heavy (non-hydrogen) atoms. The average Bonchev–Trinajstić information content (AvgIpc) is 3.29. The first-order chi connectivity index (χ1) is 19.0. The quantitative estimate of drug-likeness (QED) is 0.216. The Hall–Kier alpha value is -4.69. The number of para-hydroxylation sites is 1. The van der Waals surface area contributed by atoms with E-state index in [1.54, 1.807) is 0 Å². The van der Waals surface area contributed by atoms with Crippen molar-refractivity contribution in [2.24, 2.45) is 0 Å². The van der Waals surface area contributed by atoms with Crippen molar-refractivity contribution in [3.63, 3.8) is 0 Å². The van der Waals surface area contributed by atoms with Crippen molar-refractivity contribution in [1.82, 2.24) is 9.55 Å². The average molecular weight is 501 g/mol. The zero-order valence-corrected chi connectivity index (χ0v) is 22.4. The Morgan fingerprint density at radius 1 is 0.564 bits per heavy atom. The number of nitrogens with zero attached hydrogens (tertiary/aromatic N) is 2. The maximum absolute atomic E-state index is 4.72. The van der Waals surface area contributed by atoms with E-state index in [0.717, 1.165) is 5.82 Å². The molecule has 186 valence electrons. The highest BCUT2D eigenvalue weighted by atomic mass is 15.1. The van der Waals surface area contributed by atoms with E-state index in [0.29, 0.717) is 0 Å². The van der Waals surface area contributed by atoms with Gasteiger partial charge in [0.15, 0.2) is 0 Å². The van der Waals surface area contributed by atoms with Crippen LogP contribution in [0.1, 0.15) is 26.3 Å². The molecule has 0 atom stereocenters. The van der Waals surface area contributed by atoms with Crippen LogP contribution in [-0.2, 0) is 5.41 Å². The third-order valence-electron chi connectivity index (χ3n) is 8.33. The first-order valence-corrected chi connectivity index (χ1v) is 13.6. The van der Waals surface area contributed by atoms with Gasteiger partial charge in [-0.3, -0.25) is 4.57 Å². The van der Waals surface area contributed by atoms with Gasteiger partial charge in [-0.25, -0.2) is 4.98 Å². The summed E-state index contributed by atoms with van der Waals surface area (Å²) in [6.07, 6.45) is 1.87. The molecule has 8 rings (SSSR count). The molecule has 0 saturated carbocycles. The van der Waals surface area contributed by atoms with E-state index in [9.17, 15) is 0 Å². The molecule has 2 heteroatoms. The molecule has 0 aliphatic rings. The Morgan fingerprint density at radius 3 is 2.05 bits per heavy atom. The van der Waals surface area contributed by atoms with E-state index < -0.39 is 0 Å². The Bertz CT molecular complexity index is 2180. The predicted molar refractivity (Wildman–Crippen MR) is 166 cm³/mol. The molecule has 6 aromatic carbocycles. The minimum atomic E-state index is 0.108. The van der Waals surface area contributed by atoms with Crippen molar-refractivity contribution in [3.05, 3.63) is 121 Å². The minimum absolute atomic E-state index is 0.108. The van der Waals surface area contributed by atoms with E-state index in [4.69, 9.17) is 4.98 Å². The fourth-order valence-electron chi connectivity index (χ4n) is 6.38. The molecule has 0 aliphatic carbocycles. The van der Waals surface area contributed by atoms with Crippen LogP contribution in [-0.4, -0.2) is 9.55 Å². The van der Waals surface area contributed by atoms with E-state index in [1.165, 1.54) is 70.8 Å². The highest BCUT2D eigenvalue weighted by Crippen LogP contribution is 2.42. The molecule has 0 spiro atoms. The summed E-state index contributed by atoms with van der Waals surface area (Å²) in [6.45, 7) is 6.87. The first kappa shape index (κ1) is 22.3. The van der Waals surface area contributed by atoms with E-state index in [2.05, 4.69) is 128 Å². The Kier molecular flexibility index (Phi) is 4.52. The second-order valence-corrected chi connectivity index (χ2v) is 11.7. The molecule has 0 amide bonds. The molecular formula is C37H28N2. The third kappa shape index (κ3) is 3.25. The number of pyridine rings is 1. The smallest absolute Gasteiger partial charge is 0.137 e. The lowest BCUT2D eigenvalue weighted by atomic mass is 9.83. The van der Waals surface area contributed by atoms with E-state index in [1.807, 2.05) is 12.3 Å². The minimum Gasteiger partial charge on any atom is -0.294 e. The topological polar surface area (TPSA) is 17.8 Å². The highest BCUT2D eigenvalue weighted by molar-refractivity contribution is 6.26. The molecule has 2 aromatic heterocycles. The van der Waals surface area contributed by atoms with Crippen molar-refractivity contribution in [3.8, 4) is 16.9 Å². The standard InChI is InChI=1S/C37H28N2/c1-37(2,3)27-20-25-12-11-23-13-16-28(31-18-15-26(21-27)35(25)36(23)31)24-14-17-30-29-8-4-5-9-32(29)39(33(30)22-24)34-10-6-7-19-38-34/h4-22H,1-3H3. The summed E-state index contributed by atoms with van der Waals surface area (Å²) >= 11 is 0. The van der Waals surface area contributed by atoms with Gasteiger partial charge < -0.3 is 0 Å². The number of aromatic nitrogens is 2. The lowest BCUT2D eigenvalue weighted by molar-refractivity contribution is 0.591. The van der Waals surface area contributed by atoms with Crippen LogP contribution in [0.15, 0.2) is 115 Å². The zero-order valence-electron chi connectivity index (χ0n) is 22.4. The van der Waals surface area contributed by atoms with Gasteiger partial charge in [0.2, 0.25) is 0 Å². The molecule has 0 radical (unpaired) electrons. The second-order valence-electron chi connectivity index (χ2n) is 11.7. The summed E-state index contributed by atoms with van der Waals surface area (Å²) < 4.78 is 2.29. The van der Waals surface area contributed by atoms with Crippen LogP contribution in [0.3, 0.4) is 0 Å². The monoisotopic (exact) mass is 500 g/mol. The normalized spacial score (nSPS) is 12.5. The molecule has 0 saturated heterocycles. The van der Waals surface area contributed by atoms with E-state index >= 15 is 0 Å². The molecule has 0 unspecified atom stereocenters. The maximum Gasteiger partial charge on any atom is 0.137 e. The Morgan fingerprint density at radius 2 is 1.26 bits per heavy atom. The van der Waals surface area contributed by atoms with Crippen LogP contribution in [0.25, 0.3) is 71.1 Å². The summed E-state index contributed by atoms with van der Waals surface area (Å²) in [5, 5.41) is 10.4. The fraction of sp³-hybridized carbons (Fsp3) is 0.108. The summed E-state index contributed by atoms with van der Waals surface area (Å²) in [4.78, 5) is 4.72. The number of rotatable bonds is 2. The molecule has 0 aliphatic heterocycles. The van der Waals surface area contributed by atoms with Crippen LogP contribution in [0.5, 0.6) is 0 Å². The van der Waals surface area contributed by atoms with Crippen LogP contribution in [0, 0.1) is 0 Å². The lowest BCUT2D eigenvalue weighted by Gasteiger charge is -2.22. The molecular weight excluding hydrogens is 472 g/mol. The number of hydrogen-bond acceptors (Lipinski definition) is 1. The van der Waals surface area contributed by atoms with E-state index in [-0.39, 0.29) is 5.41 Å². The van der Waals surface area contributed by atoms with Crippen LogP contribution < -0.4 is 0 Å². The van der Waals surface area contributed by atoms with Gasteiger partial charge >= 0.3 is 0 Å². The van der Waals surface area contributed by atoms with Crippen molar-refractivity contribution in [1.29, 1.82) is 0 Å². The molecule has 2 nitrogen and oxygen atoms in total. The van der Waals surface area contributed by atoms with Gasteiger partial charge in [0.1, 0.15) is 5.82 Å². The largest absolute Gasteiger partial charge is 0.294 e. The molecule has 0 bridgehead atoms. The number of fused-ring (bicyclic) bond motifs is 3. The van der Waals surface area contributed by atoms with Crippen LogP contribution in [0.4, 0.5) is 0 Å². The zero-order chi connectivity index (χ0) is 26.3. The lowest BCUT2D eigenvalue weighted by Crippen LogP contribution is -2.10. The summed E-state index contributed by atoms with van der Waals surface area (Å²) in [5.41, 5.74) is 6.31. The van der Waals surface area contributed by atoms with Crippen molar-refractivity contribution in [2.75, 3.05) is 0 Å². The van der Waals surface area contributed by atoms with Crippen molar-refractivity contribution < 1.29 is 0 Å². The van der Waals surface area contributed by atoms with Gasteiger partial charge in [0.05, 0.1) is 11.0 Å². The van der Waals surface area contributed by atoms with Gasteiger partial charge in [0.25, 0.3) is 0 Å². The van der Waals surface area contributed by atoms with Crippen LogP contribution in [0.2, 0.25) is 0 Å². The Labute approximate surface area is 227 Å². The molecule has 0 N–H and O–H groups in total. The maximum atomic E-state index is 4.72.